The van der Waals surface area contributed by atoms with Crippen molar-refractivity contribution < 1.29 is 4.79 Å². The van der Waals surface area contributed by atoms with Crippen molar-refractivity contribution >= 4 is 5.78 Å². The van der Waals surface area contributed by atoms with Gasteiger partial charge in [-0.2, -0.15) is 0 Å². The summed E-state index contributed by atoms with van der Waals surface area (Å²) in [4.78, 5) is 14.7. The molecule has 0 aliphatic heterocycles. The number of ketones is 1. The van der Waals surface area contributed by atoms with E-state index < -0.39 is 0 Å². The standard InChI is InChI=1S/C16H23NO/c1-3-17(12-14-8-7-9-14)13(2)16(18)15-10-5-4-6-11-15/h4-6,10-11,13-14H,3,7-9,12H2,1-2H3. The number of Topliss-reactive ketones (excluding diaryl/α,β-unsaturated/α-hetero) is 1. The number of rotatable bonds is 6. The molecule has 18 heavy (non-hydrogen) atoms. The molecular formula is C16H23NO. The molecule has 0 heterocycles. The molecule has 2 rings (SSSR count). The van der Waals surface area contributed by atoms with Crippen LogP contribution in [0.5, 0.6) is 0 Å². The Morgan fingerprint density at radius 2 is 2.00 bits per heavy atom. The van der Waals surface area contributed by atoms with Crippen LogP contribution in [0.15, 0.2) is 30.3 Å². The molecule has 1 saturated carbocycles. The zero-order valence-electron chi connectivity index (χ0n) is 11.4. The number of carbonyl (C=O) groups excluding carboxylic acids is 1. The summed E-state index contributed by atoms with van der Waals surface area (Å²) >= 11 is 0. The fourth-order valence-electron chi connectivity index (χ4n) is 2.58. The molecule has 0 saturated heterocycles. The lowest BCUT2D eigenvalue weighted by Crippen LogP contribution is -2.43. The molecular weight excluding hydrogens is 222 g/mol. The van der Waals surface area contributed by atoms with E-state index in [1.807, 2.05) is 37.3 Å². The van der Waals surface area contributed by atoms with Crippen LogP contribution in [0.3, 0.4) is 0 Å². The van der Waals surface area contributed by atoms with Crippen LogP contribution in [0.2, 0.25) is 0 Å². The highest BCUT2D eigenvalue weighted by atomic mass is 16.1. The van der Waals surface area contributed by atoms with Gasteiger partial charge in [0.05, 0.1) is 6.04 Å². The first-order valence-corrected chi connectivity index (χ1v) is 7.05. The maximum absolute atomic E-state index is 12.4. The Morgan fingerprint density at radius 3 is 2.50 bits per heavy atom. The number of benzene rings is 1. The number of hydrogen-bond acceptors (Lipinski definition) is 2. The predicted octanol–water partition coefficient (Wildman–Crippen LogP) is 3.38. The lowest BCUT2D eigenvalue weighted by Gasteiger charge is -2.34. The van der Waals surface area contributed by atoms with Crippen molar-refractivity contribution in [2.75, 3.05) is 13.1 Å². The van der Waals surface area contributed by atoms with Gasteiger partial charge in [-0.15, -0.1) is 0 Å². The second-order valence-electron chi connectivity index (χ2n) is 5.29. The van der Waals surface area contributed by atoms with E-state index in [0.29, 0.717) is 0 Å². The van der Waals surface area contributed by atoms with Gasteiger partial charge in [-0.1, -0.05) is 43.7 Å². The van der Waals surface area contributed by atoms with E-state index in [9.17, 15) is 4.79 Å². The molecule has 1 atom stereocenters. The van der Waals surface area contributed by atoms with Crippen molar-refractivity contribution in [2.24, 2.45) is 5.92 Å². The van der Waals surface area contributed by atoms with Crippen LogP contribution in [0.25, 0.3) is 0 Å². The summed E-state index contributed by atoms with van der Waals surface area (Å²) in [6.07, 6.45) is 4.04. The Labute approximate surface area is 110 Å². The maximum Gasteiger partial charge on any atom is 0.179 e. The minimum Gasteiger partial charge on any atom is -0.294 e. The minimum atomic E-state index is -0.00185. The second kappa shape index (κ2) is 6.14. The van der Waals surface area contributed by atoms with Gasteiger partial charge in [0.25, 0.3) is 0 Å². The van der Waals surface area contributed by atoms with Crippen molar-refractivity contribution in [1.29, 1.82) is 0 Å². The van der Waals surface area contributed by atoms with Gasteiger partial charge in [-0.25, -0.2) is 0 Å². The highest BCUT2D eigenvalue weighted by Crippen LogP contribution is 2.27. The lowest BCUT2D eigenvalue weighted by molar-refractivity contribution is 0.0789. The zero-order chi connectivity index (χ0) is 13.0. The van der Waals surface area contributed by atoms with Crippen LogP contribution in [-0.2, 0) is 0 Å². The van der Waals surface area contributed by atoms with Gasteiger partial charge in [-0.3, -0.25) is 9.69 Å². The van der Waals surface area contributed by atoms with E-state index in [0.717, 1.165) is 24.6 Å². The number of carbonyl (C=O) groups is 1. The monoisotopic (exact) mass is 245 g/mol. The van der Waals surface area contributed by atoms with Crippen LogP contribution < -0.4 is 0 Å². The fraction of sp³-hybridized carbons (Fsp3) is 0.562. The fourth-order valence-corrected chi connectivity index (χ4v) is 2.58. The average molecular weight is 245 g/mol. The molecule has 0 radical (unpaired) electrons. The number of nitrogens with zero attached hydrogens (tertiary/aromatic N) is 1. The molecule has 1 aromatic carbocycles. The normalized spacial score (nSPS) is 17.5. The number of likely N-dealkylation sites (N-methyl/N-ethyl adjacent to an activating group) is 1. The first kappa shape index (κ1) is 13.3. The van der Waals surface area contributed by atoms with E-state index in [-0.39, 0.29) is 11.8 Å². The van der Waals surface area contributed by atoms with Crippen molar-refractivity contribution in [2.45, 2.75) is 39.2 Å². The topological polar surface area (TPSA) is 20.3 Å². The molecule has 0 aromatic heterocycles. The molecule has 0 N–H and O–H groups in total. The molecule has 1 aliphatic rings. The third kappa shape index (κ3) is 2.99. The van der Waals surface area contributed by atoms with Gasteiger partial charge in [0.2, 0.25) is 0 Å². The van der Waals surface area contributed by atoms with Crippen LogP contribution in [0.1, 0.15) is 43.5 Å². The summed E-state index contributed by atoms with van der Waals surface area (Å²) in [7, 11) is 0. The average Bonchev–Trinajstić information content (AvgIpc) is 2.37. The number of hydrogen-bond donors (Lipinski definition) is 0. The molecule has 1 aliphatic carbocycles. The SMILES string of the molecule is CCN(CC1CCC1)C(C)C(=O)c1ccccc1. The molecule has 2 heteroatoms. The largest absolute Gasteiger partial charge is 0.294 e. The Morgan fingerprint density at radius 1 is 1.33 bits per heavy atom. The van der Waals surface area contributed by atoms with Crippen LogP contribution >= 0.6 is 0 Å². The predicted molar refractivity (Wildman–Crippen MR) is 74.8 cm³/mol. The van der Waals surface area contributed by atoms with Crippen molar-refractivity contribution in [3.8, 4) is 0 Å². The highest BCUT2D eigenvalue weighted by Gasteiger charge is 2.26. The van der Waals surface area contributed by atoms with Crippen LogP contribution in [-0.4, -0.2) is 29.8 Å². The van der Waals surface area contributed by atoms with E-state index in [4.69, 9.17) is 0 Å². The van der Waals surface area contributed by atoms with Gasteiger partial charge in [0, 0.05) is 12.1 Å². The van der Waals surface area contributed by atoms with Gasteiger partial charge >= 0.3 is 0 Å². The molecule has 2 nitrogen and oxygen atoms in total. The zero-order valence-corrected chi connectivity index (χ0v) is 11.4. The summed E-state index contributed by atoms with van der Waals surface area (Å²) in [6, 6.07) is 9.64. The van der Waals surface area contributed by atoms with Crippen molar-refractivity contribution in [3.05, 3.63) is 35.9 Å². The van der Waals surface area contributed by atoms with Crippen LogP contribution in [0.4, 0.5) is 0 Å². The van der Waals surface area contributed by atoms with Gasteiger partial charge in [0.1, 0.15) is 0 Å². The molecule has 1 fully saturated rings. The van der Waals surface area contributed by atoms with Crippen molar-refractivity contribution in [3.63, 3.8) is 0 Å². The Kier molecular flexibility index (Phi) is 4.54. The summed E-state index contributed by atoms with van der Waals surface area (Å²) in [5.74, 6) is 1.06. The second-order valence-corrected chi connectivity index (χ2v) is 5.29. The highest BCUT2D eigenvalue weighted by molar-refractivity contribution is 5.99. The van der Waals surface area contributed by atoms with Gasteiger partial charge < -0.3 is 0 Å². The molecule has 1 unspecified atom stereocenters. The quantitative estimate of drug-likeness (QED) is 0.716. The van der Waals surface area contributed by atoms with E-state index in [2.05, 4.69) is 11.8 Å². The summed E-state index contributed by atoms with van der Waals surface area (Å²) in [5, 5.41) is 0. The molecule has 0 amide bonds. The third-order valence-electron chi connectivity index (χ3n) is 4.11. The Balaban J connectivity index is 1.99. The molecule has 0 spiro atoms. The Hall–Kier alpha value is -1.15. The smallest absolute Gasteiger partial charge is 0.179 e. The van der Waals surface area contributed by atoms with Crippen molar-refractivity contribution in [1.82, 2.24) is 4.90 Å². The first-order chi connectivity index (χ1) is 8.72. The summed E-state index contributed by atoms with van der Waals surface area (Å²) in [6.45, 7) is 6.22. The van der Waals surface area contributed by atoms with Crippen LogP contribution in [0, 0.1) is 5.92 Å². The summed E-state index contributed by atoms with van der Waals surface area (Å²) < 4.78 is 0. The van der Waals surface area contributed by atoms with E-state index in [1.54, 1.807) is 0 Å². The minimum absolute atomic E-state index is 0.00185. The molecule has 1 aromatic rings. The lowest BCUT2D eigenvalue weighted by atomic mass is 9.84. The first-order valence-electron chi connectivity index (χ1n) is 7.05. The Bertz CT molecular complexity index is 383. The van der Waals surface area contributed by atoms with E-state index >= 15 is 0 Å². The van der Waals surface area contributed by atoms with E-state index in [1.165, 1.54) is 19.3 Å². The van der Waals surface area contributed by atoms with Gasteiger partial charge in [-0.05, 0) is 32.2 Å². The maximum atomic E-state index is 12.4. The molecule has 98 valence electrons. The van der Waals surface area contributed by atoms with Gasteiger partial charge in [0.15, 0.2) is 5.78 Å². The third-order valence-corrected chi connectivity index (χ3v) is 4.11. The summed E-state index contributed by atoms with van der Waals surface area (Å²) in [5.41, 5.74) is 0.831. The molecule has 0 bridgehead atoms.